The average Bonchev–Trinajstić information content (AvgIpc) is 2.61. The lowest BCUT2D eigenvalue weighted by Crippen LogP contribution is -2.46. The minimum absolute atomic E-state index is 0. The van der Waals surface area contributed by atoms with E-state index in [2.05, 4.69) is 23.5 Å². The van der Waals surface area contributed by atoms with Crippen molar-refractivity contribution in [1.29, 1.82) is 0 Å². The molecule has 1 atom stereocenters. The van der Waals surface area contributed by atoms with Crippen LogP contribution < -0.4 is 11.1 Å². The Morgan fingerprint density at radius 3 is 2.54 bits per heavy atom. The number of benzene rings is 2. The average molecular weight is 347 g/mol. The van der Waals surface area contributed by atoms with Crippen LogP contribution in [-0.2, 0) is 11.2 Å². The molecule has 3 rings (SSSR count). The van der Waals surface area contributed by atoms with Gasteiger partial charge in [-0.15, -0.1) is 12.4 Å². The molecule has 1 unspecified atom stereocenters. The van der Waals surface area contributed by atoms with Crippen molar-refractivity contribution in [1.82, 2.24) is 5.32 Å². The lowest BCUT2D eigenvalue weighted by Gasteiger charge is -2.30. The number of carbonyl (C=O) groups excluding carboxylic acids is 1. The van der Waals surface area contributed by atoms with Crippen LogP contribution in [-0.4, -0.2) is 18.5 Å². The highest BCUT2D eigenvalue weighted by molar-refractivity contribution is 5.90. The van der Waals surface area contributed by atoms with E-state index in [1.54, 1.807) is 0 Å². The van der Waals surface area contributed by atoms with Crippen LogP contribution in [0.2, 0.25) is 0 Å². The molecule has 130 valence electrons. The molecule has 0 heterocycles. The van der Waals surface area contributed by atoms with Crippen molar-refractivity contribution in [2.24, 2.45) is 11.7 Å². The molecule has 3 N–H and O–H groups in total. The van der Waals surface area contributed by atoms with Gasteiger partial charge in [-0.3, -0.25) is 4.79 Å². The van der Waals surface area contributed by atoms with Gasteiger partial charge in [0.05, 0.1) is 6.42 Å². The molecule has 0 aromatic heterocycles. The van der Waals surface area contributed by atoms with E-state index >= 15 is 0 Å². The van der Waals surface area contributed by atoms with Crippen molar-refractivity contribution in [2.45, 2.75) is 44.6 Å². The minimum atomic E-state index is 0. The molecule has 24 heavy (non-hydrogen) atoms. The van der Waals surface area contributed by atoms with Crippen molar-refractivity contribution in [3.05, 3.63) is 48.0 Å². The standard InChI is InChI=1S/C20H26N2O.ClH/c21-14-19(16-8-2-1-3-9-16)22-20(23)13-17-11-6-10-15-7-4-5-12-18(15)17;/h4-7,10-12,16,19H,1-3,8-9,13-14,21H2,(H,22,23);1H. The van der Waals surface area contributed by atoms with E-state index in [0.29, 0.717) is 18.9 Å². The second-order valence-electron chi connectivity index (χ2n) is 6.62. The maximum atomic E-state index is 12.5. The van der Waals surface area contributed by atoms with E-state index in [-0.39, 0.29) is 24.4 Å². The van der Waals surface area contributed by atoms with Crippen LogP contribution >= 0.6 is 12.4 Å². The largest absolute Gasteiger partial charge is 0.352 e. The summed E-state index contributed by atoms with van der Waals surface area (Å²) in [6, 6.07) is 14.5. The summed E-state index contributed by atoms with van der Waals surface area (Å²) < 4.78 is 0. The van der Waals surface area contributed by atoms with Crippen LogP contribution in [0.4, 0.5) is 0 Å². The van der Waals surface area contributed by atoms with Crippen molar-refractivity contribution >= 4 is 29.1 Å². The third kappa shape index (κ3) is 4.49. The number of carbonyl (C=O) groups is 1. The Morgan fingerprint density at radius 2 is 1.79 bits per heavy atom. The molecule has 1 saturated carbocycles. The molecule has 2 aromatic carbocycles. The van der Waals surface area contributed by atoms with E-state index in [4.69, 9.17) is 5.73 Å². The summed E-state index contributed by atoms with van der Waals surface area (Å²) in [4.78, 5) is 12.5. The summed E-state index contributed by atoms with van der Waals surface area (Å²) in [5.74, 6) is 0.632. The molecule has 0 spiro atoms. The molecule has 0 saturated heterocycles. The normalized spacial score (nSPS) is 16.4. The first-order chi connectivity index (χ1) is 11.3. The Morgan fingerprint density at radius 1 is 1.08 bits per heavy atom. The van der Waals surface area contributed by atoms with Gasteiger partial charge in [-0.1, -0.05) is 61.7 Å². The number of nitrogens with two attached hydrogens (primary N) is 1. The predicted octanol–water partition coefficient (Wildman–Crippen LogP) is 3.83. The van der Waals surface area contributed by atoms with Gasteiger partial charge in [-0.05, 0) is 35.1 Å². The monoisotopic (exact) mass is 346 g/mol. The Hall–Kier alpha value is -1.58. The Balaban J connectivity index is 0.00000208. The zero-order valence-corrected chi connectivity index (χ0v) is 14.9. The predicted molar refractivity (Wildman–Crippen MR) is 102 cm³/mol. The van der Waals surface area contributed by atoms with Gasteiger partial charge in [0.1, 0.15) is 0 Å². The fraction of sp³-hybridized carbons (Fsp3) is 0.450. The molecule has 0 aliphatic heterocycles. The summed E-state index contributed by atoms with van der Waals surface area (Å²) >= 11 is 0. The van der Waals surface area contributed by atoms with Crippen LogP contribution in [0, 0.1) is 5.92 Å². The van der Waals surface area contributed by atoms with Crippen LogP contribution in [0.3, 0.4) is 0 Å². The number of hydrogen-bond donors (Lipinski definition) is 2. The van der Waals surface area contributed by atoms with Crippen molar-refractivity contribution < 1.29 is 4.79 Å². The topological polar surface area (TPSA) is 55.1 Å². The van der Waals surface area contributed by atoms with Gasteiger partial charge in [-0.25, -0.2) is 0 Å². The fourth-order valence-corrected chi connectivity index (χ4v) is 3.78. The van der Waals surface area contributed by atoms with E-state index < -0.39 is 0 Å². The zero-order valence-electron chi connectivity index (χ0n) is 14.0. The van der Waals surface area contributed by atoms with Crippen LogP contribution in [0.15, 0.2) is 42.5 Å². The van der Waals surface area contributed by atoms with Crippen LogP contribution in [0.5, 0.6) is 0 Å². The van der Waals surface area contributed by atoms with Crippen molar-refractivity contribution in [2.75, 3.05) is 6.54 Å². The summed E-state index contributed by atoms with van der Waals surface area (Å²) in [5.41, 5.74) is 7.00. The van der Waals surface area contributed by atoms with E-state index in [0.717, 1.165) is 10.9 Å². The molecule has 1 aliphatic carbocycles. The summed E-state index contributed by atoms with van der Waals surface area (Å²) in [6.07, 6.45) is 6.65. The highest BCUT2D eigenvalue weighted by Gasteiger charge is 2.24. The summed E-state index contributed by atoms with van der Waals surface area (Å²) in [6.45, 7) is 0.534. The smallest absolute Gasteiger partial charge is 0.224 e. The van der Waals surface area contributed by atoms with Gasteiger partial charge in [0.15, 0.2) is 0 Å². The quantitative estimate of drug-likeness (QED) is 0.864. The molecule has 1 fully saturated rings. The first-order valence-electron chi connectivity index (χ1n) is 8.74. The van der Waals surface area contributed by atoms with Gasteiger partial charge < -0.3 is 11.1 Å². The van der Waals surface area contributed by atoms with Gasteiger partial charge in [-0.2, -0.15) is 0 Å². The lowest BCUT2D eigenvalue weighted by molar-refractivity contribution is -0.121. The number of nitrogens with one attached hydrogen (secondary N) is 1. The van der Waals surface area contributed by atoms with Crippen LogP contribution in [0.1, 0.15) is 37.7 Å². The Bertz CT molecular complexity index is 662. The molecule has 1 aliphatic rings. The molecule has 1 amide bonds. The number of amides is 1. The van der Waals surface area contributed by atoms with E-state index in [1.807, 2.05) is 24.3 Å². The molecule has 0 radical (unpaired) electrons. The van der Waals surface area contributed by atoms with Gasteiger partial charge in [0, 0.05) is 12.6 Å². The molecular formula is C20H27ClN2O. The van der Waals surface area contributed by atoms with Gasteiger partial charge in [0.25, 0.3) is 0 Å². The highest BCUT2D eigenvalue weighted by atomic mass is 35.5. The van der Waals surface area contributed by atoms with Gasteiger partial charge >= 0.3 is 0 Å². The molecule has 0 bridgehead atoms. The van der Waals surface area contributed by atoms with Crippen molar-refractivity contribution in [3.8, 4) is 0 Å². The Kier molecular flexibility index (Phi) is 7.07. The SMILES string of the molecule is Cl.NCC(NC(=O)Cc1cccc2ccccc12)C1CCCCC1. The van der Waals surface area contributed by atoms with Crippen LogP contribution in [0.25, 0.3) is 10.8 Å². The van der Waals surface area contributed by atoms with E-state index in [9.17, 15) is 4.79 Å². The second kappa shape index (κ2) is 9.05. The van der Waals surface area contributed by atoms with Gasteiger partial charge in [0.2, 0.25) is 5.91 Å². The third-order valence-electron chi connectivity index (χ3n) is 5.05. The maximum absolute atomic E-state index is 12.5. The first kappa shape index (κ1) is 18.8. The third-order valence-corrected chi connectivity index (χ3v) is 5.05. The van der Waals surface area contributed by atoms with E-state index in [1.165, 1.54) is 37.5 Å². The fourth-order valence-electron chi connectivity index (χ4n) is 3.78. The second-order valence-corrected chi connectivity index (χ2v) is 6.62. The first-order valence-corrected chi connectivity index (χ1v) is 8.74. The van der Waals surface area contributed by atoms with Crippen molar-refractivity contribution in [3.63, 3.8) is 0 Å². The molecular weight excluding hydrogens is 320 g/mol. The zero-order chi connectivity index (χ0) is 16.1. The number of hydrogen-bond acceptors (Lipinski definition) is 2. The highest BCUT2D eigenvalue weighted by Crippen LogP contribution is 2.26. The summed E-state index contributed by atoms with van der Waals surface area (Å²) in [7, 11) is 0. The minimum Gasteiger partial charge on any atom is -0.352 e. The number of halogens is 1. The summed E-state index contributed by atoms with van der Waals surface area (Å²) in [5, 5.41) is 5.53. The number of fused-ring (bicyclic) bond motifs is 1. The Labute approximate surface area is 150 Å². The number of rotatable bonds is 5. The lowest BCUT2D eigenvalue weighted by atomic mass is 9.84. The molecule has 3 nitrogen and oxygen atoms in total. The molecule has 4 heteroatoms. The molecule has 2 aromatic rings. The maximum Gasteiger partial charge on any atom is 0.224 e.